The minimum absolute atomic E-state index is 0.0578. The zero-order valence-electron chi connectivity index (χ0n) is 41.6. The lowest BCUT2D eigenvalue weighted by Crippen LogP contribution is -2.25. The van der Waals surface area contributed by atoms with E-state index < -0.39 is 31.1 Å². The second-order valence-corrected chi connectivity index (χ2v) is 22.0. The van der Waals surface area contributed by atoms with Crippen LogP contribution >= 0.6 is 69.6 Å². The van der Waals surface area contributed by atoms with Gasteiger partial charge in [-0.2, -0.15) is 0 Å². The monoisotopic (exact) mass is 1130 g/mol. The van der Waals surface area contributed by atoms with Gasteiger partial charge in [-0.05, 0) is 135 Å². The van der Waals surface area contributed by atoms with Crippen molar-refractivity contribution in [2.45, 2.75) is 124 Å². The summed E-state index contributed by atoms with van der Waals surface area (Å²) < 4.78 is 21.0. The van der Waals surface area contributed by atoms with Gasteiger partial charge in [0, 0.05) is 52.2 Å². The Morgan fingerprint density at radius 2 is 0.784 bits per heavy atom. The lowest BCUT2D eigenvalue weighted by molar-refractivity contribution is -0.145. The molecule has 0 amide bonds. The zero-order valence-corrected chi connectivity index (χ0v) is 46.2. The highest BCUT2D eigenvalue weighted by atomic mass is 35.5. The minimum Gasteiger partial charge on any atom is -0.480 e. The van der Waals surface area contributed by atoms with Crippen LogP contribution in [-0.2, 0) is 52.8 Å². The molecule has 3 atom stereocenters. The number of fused-ring (bicyclic) bond motifs is 9. The zero-order chi connectivity index (χ0) is 53.9. The number of rotatable bonds is 16. The highest BCUT2D eigenvalue weighted by Crippen LogP contribution is 2.61. The second kappa shape index (κ2) is 23.8. The molecule has 0 bridgehead atoms. The predicted octanol–water partition coefficient (Wildman–Crippen LogP) is 14.1. The molecule has 12 nitrogen and oxygen atoms in total. The quantitative estimate of drug-likeness (QED) is 0.130. The summed E-state index contributed by atoms with van der Waals surface area (Å²) >= 11 is 38.5. The van der Waals surface area contributed by atoms with E-state index in [9.17, 15) is 28.8 Å². The van der Waals surface area contributed by atoms with E-state index in [1.165, 1.54) is 0 Å². The Labute approximate surface area is 460 Å². The van der Waals surface area contributed by atoms with Crippen LogP contribution in [0.15, 0.2) is 36.4 Å². The Bertz CT molecular complexity index is 2780. The van der Waals surface area contributed by atoms with Crippen molar-refractivity contribution in [1.82, 2.24) is 0 Å². The van der Waals surface area contributed by atoms with Crippen molar-refractivity contribution in [1.29, 1.82) is 0 Å². The molecule has 2 unspecified atom stereocenters. The molecule has 2 N–H and O–H groups in total. The maximum atomic E-state index is 12.0. The van der Waals surface area contributed by atoms with Gasteiger partial charge in [-0.3, -0.25) is 14.4 Å². The van der Waals surface area contributed by atoms with Crippen LogP contribution < -0.4 is 14.2 Å². The summed E-state index contributed by atoms with van der Waals surface area (Å²) in [5, 5.41) is 19.3. The molecule has 0 saturated heterocycles. The number of aliphatic carboxylic acids is 2. The van der Waals surface area contributed by atoms with Gasteiger partial charge >= 0.3 is 17.9 Å². The third-order valence-corrected chi connectivity index (χ3v) is 17.4. The van der Waals surface area contributed by atoms with Gasteiger partial charge in [0.05, 0.1) is 21.7 Å². The van der Waals surface area contributed by atoms with Gasteiger partial charge in [0.15, 0.2) is 37.2 Å². The van der Waals surface area contributed by atoms with Gasteiger partial charge in [0.25, 0.3) is 0 Å². The van der Waals surface area contributed by atoms with Crippen LogP contribution in [0.3, 0.4) is 0 Å². The van der Waals surface area contributed by atoms with Gasteiger partial charge in [0.1, 0.15) is 32.3 Å². The van der Waals surface area contributed by atoms with Crippen LogP contribution in [0.5, 0.6) is 17.2 Å². The van der Waals surface area contributed by atoms with Gasteiger partial charge in [-0.25, -0.2) is 14.4 Å². The number of carbonyl (C=O) groups excluding carboxylic acids is 4. The first-order valence-corrected chi connectivity index (χ1v) is 27.2. The Morgan fingerprint density at radius 1 is 0.486 bits per heavy atom. The first kappa shape index (κ1) is 57.2. The molecule has 0 aliphatic heterocycles. The fourth-order valence-corrected chi connectivity index (χ4v) is 13.5. The summed E-state index contributed by atoms with van der Waals surface area (Å²) in [4.78, 5) is 69.0. The predicted molar refractivity (Wildman–Crippen MR) is 288 cm³/mol. The van der Waals surface area contributed by atoms with E-state index in [-0.39, 0.29) is 66.8 Å². The van der Waals surface area contributed by atoms with E-state index in [1.807, 2.05) is 6.07 Å². The Kier molecular flexibility index (Phi) is 18.4. The largest absolute Gasteiger partial charge is 0.480 e. The Hall–Kier alpha value is -4.56. The Morgan fingerprint density at radius 3 is 1.05 bits per heavy atom. The third kappa shape index (κ3) is 11.6. The minimum atomic E-state index is -1.08. The molecule has 0 aromatic heterocycles. The van der Waals surface area contributed by atoms with Crippen LogP contribution in [0.4, 0.5) is 0 Å². The standard InChI is InChI=1S/C20H22Cl2O4.2C18H18Cl2O4/c1-3-6-20-7-5-13(23)9-14(20)17-12(10-20)8-15(18(21)19(17)22)26-11-16(24)25-4-2;2*1-2-4-18-5-3-11(21)7-12(18)15-10(8-18)6-13(16(19)17(15)20)24-9-14(22)23/h8-9H,3-7,10-11H2,1-2H3;2*6-7H,2-5,8-9H2,1H3,(H,22,23)/t;18-;/m.1./s1. The molecule has 9 rings (SSSR count). The van der Waals surface area contributed by atoms with Crippen molar-refractivity contribution in [2.75, 3.05) is 26.4 Å². The molecule has 3 aromatic rings. The number of carboxylic acids is 2. The van der Waals surface area contributed by atoms with E-state index >= 15 is 0 Å². The number of halogens is 6. The lowest BCUT2D eigenvalue weighted by atomic mass is 9.70. The molecule has 0 radical (unpaired) electrons. The number of hydrogen-bond donors (Lipinski definition) is 2. The molecular formula is C56H58Cl6O12. The summed E-state index contributed by atoms with van der Waals surface area (Å²) in [5.41, 5.74) is 8.23. The number of ether oxygens (including phenoxy) is 4. The molecule has 18 heteroatoms. The van der Waals surface area contributed by atoms with Crippen LogP contribution in [0.2, 0.25) is 30.1 Å². The van der Waals surface area contributed by atoms with Crippen LogP contribution in [0.25, 0.3) is 16.7 Å². The molecule has 74 heavy (non-hydrogen) atoms. The summed E-state index contributed by atoms with van der Waals surface area (Å²) in [7, 11) is 0. The molecule has 6 aliphatic carbocycles. The number of hydrogen-bond acceptors (Lipinski definition) is 10. The molecular weight excluding hydrogens is 1080 g/mol. The number of carbonyl (C=O) groups is 6. The summed E-state index contributed by atoms with van der Waals surface area (Å²) in [5.74, 6) is -1.31. The van der Waals surface area contributed by atoms with Crippen molar-refractivity contribution in [3.05, 3.63) is 99.9 Å². The number of ketones is 3. The van der Waals surface area contributed by atoms with Crippen LogP contribution in [-0.4, -0.2) is 71.9 Å². The molecule has 3 aromatic carbocycles. The van der Waals surface area contributed by atoms with Crippen molar-refractivity contribution < 1.29 is 57.9 Å². The molecule has 0 heterocycles. The molecule has 0 saturated carbocycles. The van der Waals surface area contributed by atoms with Crippen LogP contribution in [0.1, 0.15) is 138 Å². The fourth-order valence-electron chi connectivity index (χ4n) is 12.0. The maximum absolute atomic E-state index is 12.0. The van der Waals surface area contributed by atoms with Crippen molar-refractivity contribution in [3.8, 4) is 17.2 Å². The van der Waals surface area contributed by atoms with E-state index in [0.717, 1.165) is 127 Å². The molecule has 0 spiro atoms. The SMILES string of the molecule is CCCC12CCC(=O)C=C1c1c(cc(OCC(=O)O)c(Cl)c1Cl)C2.CCCC12CCC(=O)C=C1c1c(cc(OCC(=O)OCC)c(Cl)c1Cl)C2.CCC[C@]12CCC(=O)C=C1c1c(cc(OCC(=O)O)c(Cl)c1Cl)C2. The van der Waals surface area contributed by atoms with Crippen molar-refractivity contribution >= 4 is 122 Å². The lowest BCUT2D eigenvalue weighted by Gasteiger charge is -2.33. The number of esters is 1. The van der Waals surface area contributed by atoms with E-state index in [1.54, 1.807) is 37.3 Å². The first-order valence-electron chi connectivity index (χ1n) is 24.9. The maximum Gasteiger partial charge on any atom is 0.344 e. The average molecular weight is 1140 g/mol. The number of benzene rings is 3. The van der Waals surface area contributed by atoms with E-state index in [4.69, 9.17) is 98.8 Å². The summed E-state index contributed by atoms with van der Waals surface area (Å²) in [6.45, 7) is 7.26. The van der Waals surface area contributed by atoms with Gasteiger partial charge in [-0.15, -0.1) is 0 Å². The second-order valence-electron chi connectivity index (χ2n) is 19.8. The third-order valence-electron chi connectivity index (χ3n) is 14.9. The number of carboxylic acid groups (broad SMARTS) is 2. The summed E-state index contributed by atoms with van der Waals surface area (Å²) in [6, 6.07) is 5.39. The van der Waals surface area contributed by atoms with Crippen molar-refractivity contribution in [2.24, 2.45) is 16.2 Å². The molecule has 396 valence electrons. The summed E-state index contributed by atoms with van der Waals surface area (Å²) in [6.07, 6.45) is 17.6. The van der Waals surface area contributed by atoms with Gasteiger partial charge in [-0.1, -0.05) is 110 Å². The number of allylic oxidation sites excluding steroid dienone is 6. The topological polar surface area (TPSA) is 180 Å². The average Bonchev–Trinajstić information content (AvgIpc) is 3.96. The smallest absolute Gasteiger partial charge is 0.344 e. The van der Waals surface area contributed by atoms with Crippen LogP contribution in [0, 0.1) is 16.2 Å². The van der Waals surface area contributed by atoms with Crippen molar-refractivity contribution in [3.63, 3.8) is 0 Å². The fraction of sp³-hybridized carbons (Fsp3) is 0.464. The van der Waals surface area contributed by atoms with E-state index in [2.05, 4.69) is 20.8 Å². The van der Waals surface area contributed by atoms with Gasteiger partial charge in [0.2, 0.25) is 0 Å². The molecule has 6 aliphatic rings. The molecule has 0 fully saturated rings. The van der Waals surface area contributed by atoms with Gasteiger partial charge < -0.3 is 29.2 Å². The highest BCUT2D eigenvalue weighted by Gasteiger charge is 2.48. The first-order chi connectivity index (χ1) is 35.2. The Balaban J connectivity index is 0.000000162. The highest BCUT2D eigenvalue weighted by molar-refractivity contribution is 6.45. The normalized spacial score (nSPS) is 21.6. The van der Waals surface area contributed by atoms with E-state index in [0.29, 0.717) is 46.7 Å².